The minimum Gasteiger partial charge on any atom is -0.378 e. The van der Waals surface area contributed by atoms with Crippen LogP contribution in [0.5, 0.6) is 0 Å². The number of hydrogen-bond donors (Lipinski definition) is 2. The van der Waals surface area contributed by atoms with Crippen molar-refractivity contribution in [2.45, 2.75) is 0 Å². The van der Waals surface area contributed by atoms with Gasteiger partial charge in [0.15, 0.2) is 0 Å². The van der Waals surface area contributed by atoms with Crippen molar-refractivity contribution in [3.63, 3.8) is 0 Å². The lowest BCUT2D eigenvalue weighted by Crippen LogP contribution is -2.21. The minimum atomic E-state index is -0.0846. The molecule has 0 saturated carbocycles. The van der Waals surface area contributed by atoms with Crippen LogP contribution in [-0.4, -0.2) is 26.5 Å². The Hall–Kier alpha value is -2.01. The maximum absolute atomic E-state index is 11.9. The summed E-state index contributed by atoms with van der Waals surface area (Å²) >= 11 is 3.40. The summed E-state index contributed by atoms with van der Waals surface area (Å²) in [6.07, 6.45) is 0. The number of nitrogens with zero attached hydrogens (tertiary/aromatic N) is 1. The Kier molecular flexibility index (Phi) is 5.22. The second-order valence-electron chi connectivity index (χ2n) is 4.82. The van der Waals surface area contributed by atoms with Crippen LogP contribution in [0.3, 0.4) is 0 Å². The van der Waals surface area contributed by atoms with Crippen molar-refractivity contribution in [3.8, 4) is 0 Å². The highest BCUT2D eigenvalue weighted by atomic mass is 79.9. The van der Waals surface area contributed by atoms with E-state index in [0.29, 0.717) is 0 Å². The van der Waals surface area contributed by atoms with Crippen LogP contribution >= 0.6 is 15.9 Å². The first-order valence-corrected chi connectivity index (χ1v) is 7.41. The molecular weight excluding hydrogens is 330 g/mol. The first-order valence-electron chi connectivity index (χ1n) is 6.62. The van der Waals surface area contributed by atoms with E-state index in [2.05, 4.69) is 26.6 Å². The summed E-state index contributed by atoms with van der Waals surface area (Å²) in [7, 11) is 3.99. The summed E-state index contributed by atoms with van der Waals surface area (Å²) in [5, 5.41) is 5.96. The molecule has 4 nitrogen and oxygen atoms in total. The second kappa shape index (κ2) is 7.13. The number of benzene rings is 2. The van der Waals surface area contributed by atoms with Crippen molar-refractivity contribution in [1.82, 2.24) is 0 Å². The van der Waals surface area contributed by atoms with E-state index < -0.39 is 0 Å². The third-order valence-electron chi connectivity index (χ3n) is 2.98. The number of nitrogens with one attached hydrogen (secondary N) is 2. The number of para-hydroxylation sites is 1. The average molecular weight is 348 g/mol. The summed E-state index contributed by atoms with van der Waals surface area (Å²) in [5.74, 6) is -0.0846. The molecule has 0 heterocycles. The van der Waals surface area contributed by atoms with Crippen LogP contribution in [0, 0.1) is 0 Å². The number of carbonyl (C=O) groups is 1. The maximum atomic E-state index is 11.9. The van der Waals surface area contributed by atoms with Crippen molar-refractivity contribution in [2.24, 2.45) is 0 Å². The second-order valence-corrected chi connectivity index (χ2v) is 5.68. The van der Waals surface area contributed by atoms with Crippen molar-refractivity contribution in [2.75, 3.05) is 36.2 Å². The molecule has 21 heavy (non-hydrogen) atoms. The third-order valence-corrected chi connectivity index (χ3v) is 3.68. The molecular formula is C16H18BrN3O. The van der Waals surface area contributed by atoms with Crippen molar-refractivity contribution < 1.29 is 4.79 Å². The van der Waals surface area contributed by atoms with Gasteiger partial charge in [0, 0.05) is 29.9 Å². The van der Waals surface area contributed by atoms with Gasteiger partial charge in [-0.3, -0.25) is 4.79 Å². The van der Waals surface area contributed by atoms with Gasteiger partial charge in [-0.2, -0.15) is 0 Å². The van der Waals surface area contributed by atoms with E-state index in [-0.39, 0.29) is 12.5 Å². The van der Waals surface area contributed by atoms with E-state index in [4.69, 9.17) is 0 Å². The van der Waals surface area contributed by atoms with E-state index in [1.165, 1.54) is 0 Å². The third kappa shape index (κ3) is 4.49. The van der Waals surface area contributed by atoms with Gasteiger partial charge in [0.2, 0.25) is 5.91 Å². The fourth-order valence-corrected chi connectivity index (χ4v) is 2.20. The predicted molar refractivity (Wildman–Crippen MR) is 92.0 cm³/mol. The van der Waals surface area contributed by atoms with Gasteiger partial charge in [-0.25, -0.2) is 0 Å². The lowest BCUT2D eigenvalue weighted by Gasteiger charge is -2.13. The zero-order valence-electron chi connectivity index (χ0n) is 12.1. The highest BCUT2D eigenvalue weighted by molar-refractivity contribution is 9.10. The summed E-state index contributed by atoms with van der Waals surface area (Å²) in [6.45, 7) is 0.225. The highest BCUT2D eigenvalue weighted by Crippen LogP contribution is 2.21. The summed E-state index contributed by atoms with van der Waals surface area (Å²) in [6, 6.07) is 15.5. The molecule has 2 rings (SSSR count). The number of halogens is 1. The van der Waals surface area contributed by atoms with E-state index in [0.717, 1.165) is 21.5 Å². The molecule has 5 heteroatoms. The molecule has 2 N–H and O–H groups in total. The Labute approximate surface area is 133 Å². The van der Waals surface area contributed by atoms with Crippen LogP contribution in [0.25, 0.3) is 0 Å². The predicted octanol–water partition coefficient (Wildman–Crippen LogP) is 3.57. The highest BCUT2D eigenvalue weighted by Gasteiger charge is 2.05. The fraction of sp³-hybridized carbons (Fsp3) is 0.188. The van der Waals surface area contributed by atoms with Gasteiger partial charge < -0.3 is 15.5 Å². The molecule has 0 aliphatic rings. The lowest BCUT2D eigenvalue weighted by molar-refractivity contribution is -0.114. The number of carbonyl (C=O) groups excluding carboxylic acids is 1. The van der Waals surface area contributed by atoms with Crippen molar-refractivity contribution in [3.05, 3.63) is 53.0 Å². The number of rotatable bonds is 5. The van der Waals surface area contributed by atoms with Crippen LogP contribution in [0.1, 0.15) is 0 Å². The van der Waals surface area contributed by atoms with Crippen LogP contribution in [0.15, 0.2) is 53.0 Å². The topological polar surface area (TPSA) is 44.4 Å². The minimum absolute atomic E-state index is 0.0846. The first kappa shape index (κ1) is 15.4. The van der Waals surface area contributed by atoms with Gasteiger partial charge in [0.25, 0.3) is 0 Å². The molecule has 0 unspecified atom stereocenters. The number of anilines is 3. The molecule has 0 aliphatic carbocycles. The normalized spacial score (nSPS) is 10.0. The molecule has 0 bridgehead atoms. The van der Waals surface area contributed by atoms with Gasteiger partial charge in [-0.05, 0) is 52.3 Å². The zero-order valence-corrected chi connectivity index (χ0v) is 13.6. The Morgan fingerprint density at radius 1 is 1.10 bits per heavy atom. The Morgan fingerprint density at radius 2 is 1.76 bits per heavy atom. The standard InChI is InChI=1S/C16H18BrN3O/c1-20(2)13-9-7-12(8-10-13)18-11-16(21)19-15-6-4-3-5-14(15)17/h3-10,18H,11H2,1-2H3,(H,19,21). The lowest BCUT2D eigenvalue weighted by atomic mass is 10.2. The molecule has 0 radical (unpaired) electrons. The molecule has 0 aromatic heterocycles. The van der Waals surface area contributed by atoms with Crippen LogP contribution in [0.4, 0.5) is 17.1 Å². The average Bonchev–Trinajstić information content (AvgIpc) is 2.48. The van der Waals surface area contributed by atoms with Gasteiger partial charge in [0.1, 0.15) is 0 Å². The fourth-order valence-electron chi connectivity index (χ4n) is 1.82. The SMILES string of the molecule is CN(C)c1ccc(NCC(=O)Nc2ccccc2Br)cc1. The van der Waals surface area contributed by atoms with Crippen LogP contribution in [0.2, 0.25) is 0 Å². The summed E-state index contributed by atoms with van der Waals surface area (Å²) < 4.78 is 0.869. The summed E-state index contributed by atoms with van der Waals surface area (Å²) in [4.78, 5) is 13.9. The van der Waals surface area contributed by atoms with E-state index >= 15 is 0 Å². The quantitative estimate of drug-likeness (QED) is 0.868. The largest absolute Gasteiger partial charge is 0.378 e. The van der Waals surface area contributed by atoms with Gasteiger partial charge in [0.05, 0.1) is 12.2 Å². The van der Waals surface area contributed by atoms with Crippen molar-refractivity contribution >= 4 is 38.9 Å². The van der Waals surface area contributed by atoms with Gasteiger partial charge >= 0.3 is 0 Å². The Morgan fingerprint density at radius 3 is 2.38 bits per heavy atom. The van der Waals surface area contributed by atoms with E-state index in [9.17, 15) is 4.79 Å². The molecule has 0 saturated heterocycles. The summed E-state index contributed by atoms with van der Waals surface area (Å²) in [5.41, 5.74) is 2.81. The van der Waals surface area contributed by atoms with Crippen LogP contribution in [-0.2, 0) is 4.79 Å². The molecule has 1 amide bonds. The Bertz CT molecular complexity index is 611. The molecule has 0 spiro atoms. The number of hydrogen-bond acceptors (Lipinski definition) is 3. The molecule has 0 fully saturated rings. The van der Waals surface area contributed by atoms with Crippen molar-refractivity contribution in [1.29, 1.82) is 0 Å². The number of amides is 1. The maximum Gasteiger partial charge on any atom is 0.243 e. The monoisotopic (exact) mass is 347 g/mol. The van der Waals surface area contributed by atoms with E-state index in [1.807, 2.05) is 67.5 Å². The molecule has 110 valence electrons. The molecule has 0 atom stereocenters. The molecule has 2 aromatic carbocycles. The molecule has 0 aliphatic heterocycles. The Balaban J connectivity index is 1.88. The molecule has 2 aromatic rings. The van der Waals surface area contributed by atoms with E-state index in [1.54, 1.807) is 0 Å². The van der Waals surface area contributed by atoms with Gasteiger partial charge in [-0.1, -0.05) is 12.1 Å². The van der Waals surface area contributed by atoms with Crippen LogP contribution < -0.4 is 15.5 Å². The smallest absolute Gasteiger partial charge is 0.243 e. The van der Waals surface area contributed by atoms with Gasteiger partial charge in [-0.15, -0.1) is 0 Å². The zero-order chi connectivity index (χ0) is 15.2. The first-order chi connectivity index (χ1) is 10.1.